The lowest BCUT2D eigenvalue weighted by Crippen LogP contribution is -2.50. The van der Waals surface area contributed by atoms with Crippen LogP contribution in [0.1, 0.15) is 31.7 Å². The lowest BCUT2D eigenvalue weighted by atomic mass is 9.99. The number of aliphatic carboxylic acids is 1. The zero-order chi connectivity index (χ0) is 13.9. The topological polar surface area (TPSA) is 75.1 Å². The van der Waals surface area contributed by atoms with Crippen LogP contribution < -0.4 is 5.32 Å². The molecule has 5 nitrogen and oxygen atoms in total. The molecule has 1 heterocycles. The number of aromatic nitrogens is 2. The fourth-order valence-electron chi connectivity index (χ4n) is 1.72. The van der Waals surface area contributed by atoms with Crippen LogP contribution in [-0.4, -0.2) is 38.4 Å². The number of thioether (sulfide) groups is 1. The van der Waals surface area contributed by atoms with Crippen molar-refractivity contribution in [3.63, 3.8) is 0 Å². The lowest BCUT2D eigenvalue weighted by molar-refractivity contribution is -0.144. The van der Waals surface area contributed by atoms with Gasteiger partial charge in [-0.25, -0.2) is 9.97 Å². The van der Waals surface area contributed by atoms with E-state index in [1.807, 2.05) is 6.92 Å². The molecule has 2 rings (SSSR count). The number of hydrogen-bond acceptors (Lipinski definition) is 5. The summed E-state index contributed by atoms with van der Waals surface area (Å²) in [6.45, 7) is 3.69. The second kappa shape index (κ2) is 5.88. The van der Waals surface area contributed by atoms with Gasteiger partial charge in [0.05, 0.1) is 0 Å². The van der Waals surface area contributed by atoms with Gasteiger partial charge < -0.3 is 5.11 Å². The van der Waals surface area contributed by atoms with Crippen molar-refractivity contribution in [3.05, 3.63) is 18.0 Å². The van der Waals surface area contributed by atoms with E-state index >= 15 is 0 Å². The highest BCUT2D eigenvalue weighted by Gasteiger charge is 2.38. The summed E-state index contributed by atoms with van der Waals surface area (Å²) >= 11 is 1.50. The van der Waals surface area contributed by atoms with Crippen molar-refractivity contribution in [1.82, 2.24) is 15.3 Å². The Morgan fingerprint density at radius 3 is 2.68 bits per heavy atom. The quantitative estimate of drug-likeness (QED) is 0.587. The number of nitrogens with zero attached hydrogens (tertiary/aromatic N) is 2. The van der Waals surface area contributed by atoms with Crippen molar-refractivity contribution in [2.75, 3.05) is 5.75 Å². The molecule has 1 fully saturated rings. The van der Waals surface area contributed by atoms with Gasteiger partial charge in [-0.15, -0.1) is 0 Å². The number of rotatable bonds is 7. The van der Waals surface area contributed by atoms with Crippen molar-refractivity contribution in [3.8, 4) is 0 Å². The number of nitrogens with one attached hydrogen (secondary N) is 1. The van der Waals surface area contributed by atoms with Gasteiger partial charge in [0.2, 0.25) is 0 Å². The first-order valence-electron chi connectivity index (χ1n) is 6.42. The number of aryl methyl sites for hydroxylation is 1. The van der Waals surface area contributed by atoms with Gasteiger partial charge >= 0.3 is 5.97 Å². The molecule has 1 atom stereocenters. The third kappa shape index (κ3) is 4.18. The van der Waals surface area contributed by atoms with E-state index < -0.39 is 11.5 Å². The molecule has 104 valence electrons. The summed E-state index contributed by atoms with van der Waals surface area (Å²) in [4.78, 5) is 19.8. The number of carboxylic acids is 1. The molecule has 1 aromatic heterocycles. The molecule has 1 aromatic rings. The predicted molar refractivity (Wildman–Crippen MR) is 74.3 cm³/mol. The van der Waals surface area contributed by atoms with Crippen molar-refractivity contribution >= 4 is 17.7 Å². The summed E-state index contributed by atoms with van der Waals surface area (Å²) < 4.78 is 0. The Balaban J connectivity index is 1.84. The molecule has 0 amide bonds. The molecule has 0 radical (unpaired) electrons. The van der Waals surface area contributed by atoms with Gasteiger partial charge in [-0.3, -0.25) is 10.1 Å². The normalized spacial score (nSPS) is 18.0. The SMILES string of the molecule is Cc1cnc(SCCC(C)(NC2CC2)C(=O)O)nc1. The summed E-state index contributed by atoms with van der Waals surface area (Å²) in [6, 6.07) is 0.377. The van der Waals surface area contributed by atoms with E-state index in [4.69, 9.17) is 0 Å². The van der Waals surface area contributed by atoms with Gasteiger partial charge in [0.15, 0.2) is 5.16 Å². The molecule has 6 heteroatoms. The molecule has 1 unspecified atom stereocenters. The minimum Gasteiger partial charge on any atom is -0.480 e. The molecule has 1 aliphatic rings. The van der Waals surface area contributed by atoms with Crippen LogP contribution in [0.3, 0.4) is 0 Å². The maximum atomic E-state index is 11.4. The zero-order valence-electron chi connectivity index (χ0n) is 11.2. The predicted octanol–water partition coefficient (Wildman–Crippen LogP) is 1.86. The number of carboxylic acid groups (broad SMARTS) is 1. The second-order valence-corrected chi connectivity index (χ2v) is 6.26. The average Bonchev–Trinajstić information content (AvgIpc) is 3.15. The summed E-state index contributed by atoms with van der Waals surface area (Å²) in [5.41, 5.74) is 0.175. The lowest BCUT2D eigenvalue weighted by Gasteiger charge is -2.26. The first-order valence-corrected chi connectivity index (χ1v) is 7.41. The van der Waals surface area contributed by atoms with E-state index in [1.54, 1.807) is 19.3 Å². The standard InChI is InChI=1S/C13H19N3O2S/c1-9-7-14-12(15-8-9)19-6-5-13(2,11(17)18)16-10-3-4-10/h7-8,10,16H,3-6H2,1-2H3,(H,17,18). The second-order valence-electron chi connectivity index (χ2n) is 5.20. The highest BCUT2D eigenvalue weighted by molar-refractivity contribution is 7.99. The van der Waals surface area contributed by atoms with Gasteiger partial charge in [-0.05, 0) is 38.7 Å². The molecule has 19 heavy (non-hydrogen) atoms. The van der Waals surface area contributed by atoms with Crippen LogP contribution in [0.4, 0.5) is 0 Å². The van der Waals surface area contributed by atoms with Crippen LogP contribution in [0.25, 0.3) is 0 Å². The monoisotopic (exact) mass is 281 g/mol. The molecule has 1 saturated carbocycles. The van der Waals surface area contributed by atoms with Gasteiger partial charge in [0.25, 0.3) is 0 Å². The molecule has 0 spiro atoms. The Morgan fingerprint density at radius 2 is 2.16 bits per heavy atom. The van der Waals surface area contributed by atoms with Gasteiger partial charge in [-0.2, -0.15) is 0 Å². The van der Waals surface area contributed by atoms with E-state index in [1.165, 1.54) is 11.8 Å². The van der Waals surface area contributed by atoms with Gasteiger partial charge in [-0.1, -0.05) is 11.8 Å². The number of carbonyl (C=O) groups is 1. The van der Waals surface area contributed by atoms with Crippen LogP contribution in [0, 0.1) is 6.92 Å². The Hall–Kier alpha value is -1.14. The third-order valence-corrected chi connectivity index (χ3v) is 4.04. The Labute approximate surface area is 117 Å². The molecule has 0 bridgehead atoms. The first kappa shape index (κ1) is 14.3. The maximum Gasteiger partial charge on any atom is 0.323 e. The molecule has 0 aromatic carbocycles. The van der Waals surface area contributed by atoms with Crippen molar-refractivity contribution in [2.24, 2.45) is 0 Å². The summed E-state index contributed by atoms with van der Waals surface area (Å²) in [5.74, 6) is -0.101. The Bertz CT molecular complexity index is 448. The summed E-state index contributed by atoms with van der Waals surface area (Å²) in [6.07, 6.45) is 6.26. The number of hydrogen-bond donors (Lipinski definition) is 2. The van der Waals surface area contributed by atoms with Crippen LogP contribution in [0.15, 0.2) is 17.6 Å². The molecular weight excluding hydrogens is 262 g/mol. The van der Waals surface area contributed by atoms with Crippen molar-refractivity contribution in [2.45, 2.75) is 49.8 Å². The minimum atomic E-state index is -0.848. The molecule has 0 saturated heterocycles. The van der Waals surface area contributed by atoms with Gasteiger partial charge in [0.1, 0.15) is 5.54 Å². The molecular formula is C13H19N3O2S. The van der Waals surface area contributed by atoms with Crippen LogP contribution in [0.5, 0.6) is 0 Å². The molecule has 2 N–H and O–H groups in total. The fourth-order valence-corrected chi connectivity index (χ4v) is 2.67. The summed E-state index contributed by atoms with van der Waals surface area (Å²) in [7, 11) is 0. The highest BCUT2D eigenvalue weighted by Crippen LogP contribution is 2.26. The van der Waals surface area contributed by atoms with Crippen LogP contribution in [0.2, 0.25) is 0 Å². The van der Waals surface area contributed by atoms with E-state index in [-0.39, 0.29) is 0 Å². The average molecular weight is 281 g/mol. The zero-order valence-corrected chi connectivity index (χ0v) is 12.0. The van der Waals surface area contributed by atoms with Crippen LogP contribution in [-0.2, 0) is 4.79 Å². The molecule has 1 aliphatic carbocycles. The summed E-state index contributed by atoms with van der Waals surface area (Å²) in [5, 5.41) is 13.2. The first-order chi connectivity index (χ1) is 8.99. The largest absolute Gasteiger partial charge is 0.480 e. The van der Waals surface area contributed by atoms with Gasteiger partial charge in [0, 0.05) is 24.2 Å². The third-order valence-electron chi connectivity index (χ3n) is 3.16. The van der Waals surface area contributed by atoms with E-state index in [0.717, 1.165) is 18.4 Å². The van der Waals surface area contributed by atoms with Crippen molar-refractivity contribution in [1.29, 1.82) is 0 Å². The Kier molecular flexibility index (Phi) is 4.42. The smallest absolute Gasteiger partial charge is 0.323 e. The van der Waals surface area contributed by atoms with E-state index in [2.05, 4.69) is 15.3 Å². The minimum absolute atomic E-state index is 0.377. The fraction of sp³-hybridized carbons (Fsp3) is 0.615. The van der Waals surface area contributed by atoms with E-state index in [0.29, 0.717) is 23.4 Å². The maximum absolute atomic E-state index is 11.4. The Morgan fingerprint density at radius 1 is 1.53 bits per heavy atom. The van der Waals surface area contributed by atoms with Crippen LogP contribution >= 0.6 is 11.8 Å². The van der Waals surface area contributed by atoms with E-state index in [9.17, 15) is 9.90 Å². The van der Waals surface area contributed by atoms with Crippen molar-refractivity contribution < 1.29 is 9.90 Å². The molecule has 0 aliphatic heterocycles. The highest BCUT2D eigenvalue weighted by atomic mass is 32.2.